The molecule has 3 N–H and O–H groups in total. The minimum absolute atomic E-state index is 0.0158. The van der Waals surface area contributed by atoms with Gasteiger partial charge in [0, 0.05) is 16.9 Å². The highest BCUT2D eigenvalue weighted by molar-refractivity contribution is 7.80. The smallest absolute Gasteiger partial charge is 0.135 e. The third kappa shape index (κ3) is 3.06. The van der Waals surface area contributed by atoms with Gasteiger partial charge >= 0.3 is 0 Å². The normalized spacial score (nSPS) is 10.3. The summed E-state index contributed by atoms with van der Waals surface area (Å²) in [4.78, 5) is 0.0158. The van der Waals surface area contributed by atoms with Crippen LogP contribution in [0.4, 0.5) is 20.2 Å². The fraction of sp³-hybridized carbons (Fsp3) is 0.0714. The Morgan fingerprint density at radius 2 is 1.89 bits per heavy atom. The van der Waals surface area contributed by atoms with E-state index in [0.717, 1.165) is 5.56 Å². The molecule has 0 fully saturated rings. The van der Waals surface area contributed by atoms with Crippen LogP contribution in [0, 0.1) is 18.6 Å². The number of benzene rings is 2. The summed E-state index contributed by atoms with van der Waals surface area (Å²) in [5.74, 6) is -0.796. The van der Waals surface area contributed by atoms with Gasteiger partial charge in [-0.05, 0) is 48.9 Å². The second-order valence-electron chi connectivity index (χ2n) is 4.14. The number of nitrogens with two attached hydrogens (primary N) is 1. The molecular weight excluding hydrogens is 266 g/mol. The van der Waals surface area contributed by atoms with Crippen LogP contribution in [0.1, 0.15) is 11.1 Å². The molecule has 0 amide bonds. The standard InChI is InChI=1S/C14H12F2N2S/c1-8-6-9(15)2-5-13(8)18-10-3-4-11(14(17)19)12(16)7-10/h2-7,18H,1H3,(H2,17,19). The highest BCUT2D eigenvalue weighted by atomic mass is 32.1. The van der Waals surface area contributed by atoms with Crippen LogP contribution in [0.15, 0.2) is 36.4 Å². The molecule has 0 radical (unpaired) electrons. The van der Waals surface area contributed by atoms with Crippen LogP contribution < -0.4 is 11.1 Å². The number of aryl methyl sites for hydroxylation is 1. The first kappa shape index (κ1) is 13.4. The lowest BCUT2D eigenvalue weighted by Gasteiger charge is -2.10. The first-order valence-electron chi connectivity index (χ1n) is 5.60. The van der Waals surface area contributed by atoms with Gasteiger partial charge in [0.25, 0.3) is 0 Å². The Labute approximate surface area is 115 Å². The van der Waals surface area contributed by atoms with E-state index in [-0.39, 0.29) is 16.4 Å². The van der Waals surface area contributed by atoms with Gasteiger partial charge in [0.15, 0.2) is 0 Å². The van der Waals surface area contributed by atoms with E-state index in [1.807, 2.05) is 0 Å². The van der Waals surface area contributed by atoms with Crippen molar-refractivity contribution in [3.63, 3.8) is 0 Å². The van der Waals surface area contributed by atoms with E-state index in [4.69, 9.17) is 18.0 Å². The van der Waals surface area contributed by atoms with Gasteiger partial charge in [-0.25, -0.2) is 8.78 Å². The van der Waals surface area contributed by atoms with Crippen molar-refractivity contribution in [2.45, 2.75) is 6.92 Å². The molecular formula is C14H12F2N2S. The topological polar surface area (TPSA) is 38.0 Å². The van der Waals surface area contributed by atoms with Gasteiger partial charge in [-0.1, -0.05) is 12.2 Å². The van der Waals surface area contributed by atoms with E-state index in [0.29, 0.717) is 11.4 Å². The predicted molar refractivity (Wildman–Crippen MR) is 76.7 cm³/mol. The molecule has 2 nitrogen and oxygen atoms in total. The van der Waals surface area contributed by atoms with Gasteiger partial charge < -0.3 is 11.1 Å². The third-order valence-corrected chi connectivity index (χ3v) is 2.92. The van der Waals surface area contributed by atoms with E-state index < -0.39 is 5.82 Å². The quantitative estimate of drug-likeness (QED) is 0.842. The van der Waals surface area contributed by atoms with Crippen molar-refractivity contribution in [2.75, 3.05) is 5.32 Å². The molecule has 0 aliphatic rings. The number of thiocarbonyl (C=S) groups is 1. The Morgan fingerprint density at radius 1 is 1.16 bits per heavy atom. The molecule has 19 heavy (non-hydrogen) atoms. The molecule has 5 heteroatoms. The maximum absolute atomic E-state index is 13.7. The zero-order chi connectivity index (χ0) is 14.0. The average Bonchev–Trinajstić information content (AvgIpc) is 2.32. The fourth-order valence-corrected chi connectivity index (χ4v) is 1.88. The lowest BCUT2D eigenvalue weighted by Crippen LogP contribution is -2.11. The van der Waals surface area contributed by atoms with Crippen LogP contribution in [0.3, 0.4) is 0 Å². The van der Waals surface area contributed by atoms with Gasteiger partial charge in [-0.3, -0.25) is 0 Å². The van der Waals surface area contributed by atoms with Crippen molar-refractivity contribution in [1.82, 2.24) is 0 Å². The zero-order valence-electron chi connectivity index (χ0n) is 10.2. The maximum atomic E-state index is 13.7. The molecule has 0 aliphatic carbocycles. The van der Waals surface area contributed by atoms with Gasteiger partial charge in [-0.15, -0.1) is 0 Å². The summed E-state index contributed by atoms with van der Waals surface area (Å²) in [5, 5.41) is 3.02. The summed E-state index contributed by atoms with van der Waals surface area (Å²) in [5.41, 5.74) is 7.59. The minimum Gasteiger partial charge on any atom is -0.389 e. The van der Waals surface area contributed by atoms with Crippen LogP contribution in [-0.4, -0.2) is 4.99 Å². The molecule has 0 aliphatic heterocycles. The average molecular weight is 278 g/mol. The Balaban J connectivity index is 2.29. The Hall–Kier alpha value is -2.01. The number of rotatable bonds is 3. The SMILES string of the molecule is Cc1cc(F)ccc1Nc1ccc(C(N)=S)c(F)c1. The second kappa shape index (κ2) is 5.32. The summed E-state index contributed by atoms with van der Waals surface area (Å²) >= 11 is 4.73. The second-order valence-corrected chi connectivity index (χ2v) is 4.58. The molecule has 2 aromatic carbocycles. The molecule has 0 heterocycles. The summed E-state index contributed by atoms with van der Waals surface area (Å²) in [6, 6.07) is 8.83. The summed E-state index contributed by atoms with van der Waals surface area (Å²) in [6.07, 6.45) is 0. The van der Waals surface area contributed by atoms with Crippen molar-refractivity contribution >= 4 is 28.6 Å². The molecule has 0 atom stereocenters. The number of anilines is 2. The van der Waals surface area contributed by atoms with E-state index in [9.17, 15) is 8.78 Å². The van der Waals surface area contributed by atoms with Crippen LogP contribution >= 0.6 is 12.2 Å². The van der Waals surface area contributed by atoms with Gasteiger partial charge in [0.05, 0.1) is 0 Å². The molecule has 0 unspecified atom stereocenters. The summed E-state index contributed by atoms with van der Waals surface area (Å²) in [6.45, 7) is 1.77. The monoisotopic (exact) mass is 278 g/mol. The number of halogens is 2. The van der Waals surface area contributed by atoms with E-state index >= 15 is 0 Å². The highest BCUT2D eigenvalue weighted by Crippen LogP contribution is 2.22. The lowest BCUT2D eigenvalue weighted by molar-refractivity contribution is 0.625. The van der Waals surface area contributed by atoms with Crippen LogP contribution in [0.25, 0.3) is 0 Å². The van der Waals surface area contributed by atoms with Gasteiger partial charge in [-0.2, -0.15) is 0 Å². The Kier molecular flexibility index (Phi) is 3.76. The molecule has 98 valence electrons. The number of hydrogen-bond donors (Lipinski definition) is 2. The van der Waals surface area contributed by atoms with Crippen LogP contribution in [0.5, 0.6) is 0 Å². The molecule has 0 bridgehead atoms. The maximum Gasteiger partial charge on any atom is 0.135 e. The van der Waals surface area contributed by atoms with Crippen molar-refractivity contribution in [1.29, 1.82) is 0 Å². The largest absolute Gasteiger partial charge is 0.389 e. The van der Waals surface area contributed by atoms with Crippen molar-refractivity contribution in [3.8, 4) is 0 Å². The van der Waals surface area contributed by atoms with Crippen LogP contribution in [-0.2, 0) is 0 Å². The molecule has 0 aromatic heterocycles. The zero-order valence-corrected chi connectivity index (χ0v) is 11.0. The van der Waals surface area contributed by atoms with E-state index in [1.54, 1.807) is 19.1 Å². The molecule has 0 saturated heterocycles. The van der Waals surface area contributed by atoms with Crippen LogP contribution in [0.2, 0.25) is 0 Å². The Bertz CT molecular complexity index is 641. The van der Waals surface area contributed by atoms with Crippen molar-refractivity contribution in [2.24, 2.45) is 5.73 Å². The minimum atomic E-state index is -0.489. The third-order valence-electron chi connectivity index (χ3n) is 2.70. The summed E-state index contributed by atoms with van der Waals surface area (Å²) in [7, 11) is 0. The molecule has 2 aromatic rings. The lowest BCUT2D eigenvalue weighted by atomic mass is 10.1. The van der Waals surface area contributed by atoms with Gasteiger partial charge in [0.2, 0.25) is 0 Å². The van der Waals surface area contributed by atoms with Crippen molar-refractivity contribution in [3.05, 3.63) is 59.2 Å². The van der Waals surface area contributed by atoms with Crippen molar-refractivity contribution < 1.29 is 8.78 Å². The first-order chi connectivity index (χ1) is 8.97. The first-order valence-corrected chi connectivity index (χ1v) is 6.01. The molecule has 0 spiro atoms. The predicted octanol–water partition coefficient (Wildman–Crippen LogP) is 3.65. The highest BCUT2D eigenvalue weighted by Gasteiger charge is 2.07. The fourth-order valence-electron chi connectivity index (χ4n) is 1.72. The molecule has 0 saturated carbocycles. The van der Waals surface area contributed by atoms with E-state index in [2.05, 4.69) is 5.32 Å². The Morgan fingerprint density at radius 3 is 2.47 bits per heavy atom. The number of hydrogen-bond acceptors (Lipinski definition) is 2. The molecule has 2 rings (SSSR count). The number of nitrogens with one attached hydrogen (secondary N) is 1. The van der Waals surface area contributed by atoms with E-state index in [1.165, 1.54) is 24.3 Å². The van der Waals surface area contributed by atoms with Gasteiger partial charge in [0.1, 0.15) is 16.6 Å². The summed E-state index contributed by atoms with van der Waals surface area (Å²) < 4.78 is 26.7.